The molecule has 0 radical (unpaired) electrons. The molecule has 414 valence electrons. The number of rotatable bonds is 33. The van der Waals surface area contributed by atoms with Crippen LogP contribution in [0.15, 0.2) is 0 Å². The largest absolute Gasteiger partial charge is 0.300 e. The van der Waals surface area contributed by atoms with Crippen LogP contribution in [-0.4, -0.2) is 34.7 Å². The first-order valence-electron chi connectivity index (χ1n) is 28.7. The molecule has 0 aromatic heterocycles. The molecule has 0 heterocycles. The van der Waals surface area contributed by atoms with E-state index < -0.39 is 0 Å². The first-order valence-corrected chi connectivity index (χ1v) is 28.7. The van der Waals surface area contributed by atoms with E-state index in [2.05, 4.69) is 152 Å². The molecule has 0 aliphatic carbocycles. The van der Waals surface area contributed by atoms with E-state index >= 15 is 0 Å². The summed E-state index contributed by atoms with van der Waals surface area (Å²) in [6.45, 7) is 50.8. The maximum Gasteiger partial charge on any atom is 0.135 e. The third kappa shape index (κ3) is 86.2. The molecular weight excluding hydrogens is 853 g/mol. The molecule has 0 bridgehead atoms. The lowest BCUT2D eigenvalue weighted by Gasteiger charge is -2.05. The Morgan fingerprint density at radius 3 is 0.710 bits per heavy atom. The van der Waals surface area contributed by atoms with Crippen molar-refractivity contribution >= 4 is 34.7 Å². The molecule has 0 atom stereocenters. The Hall–Kier alpha value is -1.98. The van der Waals surface area contributed by atoms with Crippen molar-refractivity contribution in [3.63, 3.8) is 0 Å². The highest BCUT2D eigenvalue weighted by Gasteiger charge is 2.10. The number of ketones is 6. The number of carbonyl (C=O) groups is 6. The van der Waals surface area contributed by atoms with E-state index in [1.54, 1.807) is 0 Å². The second-order valence-electron chi connectivity index (χ2n) is 25.4. The fourth-order valence-corrected chi connectivity index (χ4v) is 6.95. The van der Waals surface area contributed by atoms with E-state index in [9.17, 15) is 28.8 Å². The Bertz CT molecular complexity index is 1190. The van der Waals surface area contributed by atoms with Crippen LogP contribution in [0, 0.1) is 71.0 Å². The van der Waals surface area contributed by atoms with Crippen LogP contribution >= 0.6 is 0 Å². The highest BCUT2D eigenvalue weighted by molar-refractivity contribution is 5.81. The van der Waals surface area contributed by atoms with Crippen LogP contribution in [0.1, 0.15) is 301 Å². The number of unbranched alkanes of at least 4 members (excludes halogenated alkanes) is 3. The summed E-state index contributed by atoms with van der Waals surface area (Å²) in [4.78, 5) is 67.1. The van der Waals surface area contributed by atoms with E-state index in [4.69, 9.17) is 0 Å². The normalized spacial score (nSPS) is 11.1. The topological polar surface area (TPSA) is 102 Å². The lowest BCUT2D eigenvalue weighted by Crippen LogP contribution is -2.09. The van der Waals surface area contributed by atoms with Crippen molar-refractivity contribution in [3.05, 3.63) is 0 Å². The zero-order chi connectivity index (χ0) is 55.2. The van der Waals surface area contributed by atoms with Gasteiger partial charge in [-0.25, -0.2) is 0 Å². The van der Waals surface area contributed by atoms with Gasteiger partial charge in [0.25, 0.3) is 0 Å². The summed E-state index contributed by atoms with van der Waals surface area (Å²) in [5.74, 6) is 9.38. The maximum atomic E-state index is 11.4. The summed E-state index contributed by atoms with van der Waals surface area (Å²) < 4.78 is 0. The molecule has 69 heavy (non-hydrogen) atoms. The minimum Gasteiger partial charge on any atom is -0.300 e. The van der Waals surface area contributed by atoms with Crippen LogP contribution in [0.5, 0.6) is 0 Å². The van der Waals surface area contributed by atoms with Gasteiger partial charge in [-0.2, -0.15) is 0 Å². The molecule has 0 unspecified atom stereocenters. The molecule has 0 saturated heterocycles. The lowest BCUT2D eigenvalue weighted by molar-refractivity contribution is -0.123. The zero-order valence-corrected chi connectivity index (χ0v) is 51.2. The van der Waals surface area contributed by atoms with Gasteiger partial charge in [0.2, 0.25) is 0 Å². The summed E-state index contributed by atoms with van der Waals surface area (Å²) in [7, 11) is 0. The zero-order valence-electron chi connectivity index (χ0n) is 51.2. The summed E-state index contributed by atoms with van der Waals surface area (Å²) in [6.07, 6.45) is 20.2. The minimum absolute atomic E-state index is 0.215. The monoisotopic (exact) mass is 979 g/mol. The lowest BCUT2D eigenvalue weighted by atomic mass is 9.99. The first-order chi connectivity index (χ1) is 31.6. The Balaban J connectivity index is -0.000000174. The number of hydrogen-bond donors (Lipinski definition) is 0. The average molecular weight is 980 g/mol. The number of hydrogen-bond acceptors (Lipinski definition) is 6. The predicted octanol–water partition coefficient (Wildman–Crippen LogP) is 19.4. The Kier molecular flexibility index (Phi) is 59.5. The van der Waals surface area contributed by atoms with Crippen molar-refractivity contribution in [2.45, 2.75) is 301 Å². The fourth-order valence-electron chi connectivity index (χ4n) is 6.95. The standard InChI is InChI=1S/C13H26O.C12H24O.C11H22O.C10H20O.C9H18O.C8H16O/c1-11(2)8-6-5-7-9-13(14)10-12(3)4;1-10(2)7-5-6-8-12(13)9-11(3)4;1-9(2)6-5-7-11(12)8-10(3)4;1-8(2)5-6-10(11)7-9(3)4;1-7(2)5-9(10)6-8(3)4;1-6(2)5-8(9)7(3)4/h11-12H,5-10H2,1-4H3;10-11H,5-9H2,1-4H3;9-10H,5-8H2,1-4H3;8-9H,5-7H2,1-4H3;7-8H,5-6H2,1-4H3;6-7H,5H2,1-4H3. The Labute approximate surface area is 433 Å². The molecule has 0 rings (SSSR count). The van der Waals surface area contributed by atoms with Crippen molar-refractivity contribution in [2.24, 2.45) is 71.0 Å². The van der Waals surface area contributed by atoms with Gasteiger partial charge in [-0.1, -0.05) is 205 Å². The van der Waals surface area contributed by atoms with Crippen molar-refractivity contribution in [2.75, 3.05) is 0 Å². The average Bonchev–Trinajstić information content (AvgIpc) is 3.14. The molecule has 0 N–H and O–H groups in total. The molecule has 0 aliphatic rings. The molecular formula is C63H126O6. The van der Waals surface area contributed by atoms with Gasteiger partial charge in [-0.05, 0) is 90.8 Å². The third-order valence-corrected chi connectivity index (χ3v) is 10.5. The van der Waals surface area contributed by atoms with Gasteiger partial charge < -0.3 is 0 Å². The van der Waals surface area contributed by atoms with Crippen molar-refractivity contribution in [1.29, 1.82) is 0 Å². The van der Waals surface area contributed by atoms with Gasteiger partial charge in [-0.15, -0.1) is 0 Å². The van der Waals surface area contributed by atoms with Crippen LogP contribution in [0.2, 0.25) is 0 Å². The molecule has 6 nitrogen and oxygen atoms in total. The van der Waals surface area contributed by atoms with Gasteiger partial charge in [0.1, 0.15) is 34.7 Å². The van der Waals surface area contributed by atoms with Crippen LogP contribution in [-0.2, 0) is 28.8 Å². The number of Topliss-reactive ketones (excluding diaryl/α,β-unsaturated/α-hetero) is 6. The molecule has 0 amide bonds. The van der Waals surface area contributed by atoms with E-state index in [0.717, 1.165) is 114 Å². The first kappa shape index (κ1) is 78.5. The van der Waals surface area contributed by atoms with Crippen LogP contribution < -0.4 is 0 Å². The highest BCUT2D eigenvalue weighted by Crippen LogP contribution is 2.14. The third-order valence-electron chi connectivity index (χ3n) is 10.5. The molecule has 0 aromatic rings. The summed E-state index contributed by atoms with van der Waals surface area (Å²) in [6, 6.07) is 0. The van der Waals surface area contributed by atoms with Gasteiger partial charge in [0.15, 0.2) is 0 Å². The quantitative estimate of drug-likeness (QED) is 0.0607. The molecule has 0 fully saturated rings. The fraction of sp³-hybridized carbons (Fsp3) is 0.905. The Morgan fingerprint density at radius 1 is 0.217 bits per heavy atom. The van der Waals surface area contributed by atoms with Crippen LogP contribution in [0.25, 0.3) is 0 Å². The summed E-state index contributed by atoms with van der Waals surface area (Å²) in [5.41, 5.74) is 0. The van der Waals surface area contributed by atoms with Gasteiger partial charge in [0, 0.05) is 76.5 Å². The predicted molar refractivity (Wildman–Crippen MR) is 305 cm³/mol. The van der Waals surface area contributed by atoms with E-state index in [0.29, 0.717) is 82.0 Å². The molecule has 6 heteroatoms. The summed E-state index contributed by atoms with van der Waals surface area (Å²) >= 11 is 0. The molecule has 0 saturated carbocycles. The maximum absolute atomic E-state index is 11.4. The SMILES string of the molecule is CC(C)CC(=O)C(C)C.CC(C)CC(=O)CC(C)C.CC(C)CCC(=O)CC(C)C.CC(C)CCCC(=O)CC(C)C.CC(C)CCCCC(=O)CC(C)C.CC(C)CCCCCC(=O)CC(C)C. The van der Waals surface area contributed by atoms with E-state index in [-0.39, 0.29) is 5.92 Å². The van der Waals surface area contributed by atoms with Gasteiger partial charge >= 0.3 is 0 Å². The molecule has 0 spiro atoms. The smallest absolute Gasteiger partial charge is 0.135 e. The molecule has 0 aliphatic heterocycles. The number of carbonyl (C=O) groups excluding carboxylic acids is 6. The van der Waals surface area contributed by atoms with Crippen molar-refractivity contribution < 1.29 is 28.8 Å². The van der Waals surface area contributed by atoms with Gasteiger partial charge in [-0.3, -0.25) is 28.8 Å². The van der Waals surface area contributed by atoms with Crippen LogP contribution in [0.4, 0.5) is 0 Å². The molecule has 0 aromatic carbocycles. The second kappa shape index (κ2) is 52.3. The van der Waals surface area contributed by atoms with Crippen LogP contribution in [0.3, 0.4) is 0 Å². The van der Waals surface area contributed by atoms with E-state index in [1.165, 1.54) is 38.5 Å². The van der Waals surface area contributed by atoms with Gasteiger partial charge in [0.05, 0.1) is 0 Å². The second-order valence-corrected chi connectivity index (χ2v) is 25.4. The minimum atomic E-state index is 0.215. The Morgan fingerprint density at radius 2 is 0.449 bits per heavy atom. The van der Waals surface area contributed by atoms with E-state index in [1.807, 2.05) is 13.8 Å². The summed E-state index contributed by atoms with van der Waals surface area (Å²) in [5, 5.41) is 0. The highest BCUT2D eigenvalue weighted by atomic mass is 16.1. The van der Waals surface area contributed by atoms with Crippen molar-refractivity contribution in [1.82, 2.24) is 0 Å². The van der Waals surface area contributed by atoms with Crippen molar-refractivity contribution in [3.8, 4) is 0 Å².